The second-order valence-corrected chi connectivity index (χ2v) is 8.37. The van der Waals surface area contributed by atoms with Crippen LogP contribution in [0.2, 0.25) is 0 Å². The van der Waals surface area contributed by atoms with Gasteiger partial charge in [0.15, 0.2) is 0 Å². The lowest BCUT2D eigenvalue weighted by Crippen LogP contribution is -2.40. The van der Waals surface area contributed by atoms with E-state index in [4.69, 9.17) is 0 Å². The van der Waals surface area contributed by atoms with Gasteiger partial charge in [-0.05, 0) is 53.8 Å². The van der Waals surface area contributed by atoms with Crippen LogP contribution in [0.1, 0.15) is 28.3 Å². The minimum absolute atomic E-state index is 0.340. The zero-order valence-electron chi connectivity index (χ0n) is 14.5. The number of sulfonamides is 1. The van der Waals surface area contributed by atoms with Gasteiger partial charge in [0.25, 0.3) is 0 Å². The normalized spacial score (nSPS) is 17.7. The highest BCUT2D eigenvalue weighted by Crippen LogP contribution is 2.38. The Bertz CT molecular complexity index is 1030. The van der Waals surface area contributed by atoms with Crippen molar-refractivity contribution in [2.75, 3.05) is 6.54 Å². The molecule has 132 valence electrons. The van der Waals surface area contributed by atoms with Crippen molar-refractivity contribution in [3.05, 3.63) is 95.3 Å². The van der Waals surface area contributed by atoms with Crippen molar-refractivity contribution in [1.82, 2.24) is 9.29 Å². The molecular formula is C21H20N2O2S. The SMILES string of the molecule is Cc1ccccc1S(=O)(=O)N1CCc2ccccc2C1c1ccncc1. The maximum Gasteiger partial charge on any atom is 0.244 e. The van der Waals surface area contributed by atoms with Crippen molar-refractivity contribution in [2.45, 2.75) is 24.3 Å². The molecule has 3 aromatic rings. The molecular weight excluding hydrogens is 344 g/mol. The first-order chi connectivity index (χ1) is 12.6. The fourth-order valence-corrected chi connectivity index (χ4v) is 5.49. The molecule has 0 bridgehead atoms. The van der Waals surface area contributed by atoms with Crippen molar-refractivity contribution in [3.8, 4) is 0 Å². The molecule has 1 aliphatic rings. The first-order valence-corrected chi connectivity index (χ1v) is 10.1. The third kappa shape index (κ3) is 2.83. The largest absolute Gasteiger partial charge is 0.265 e. The molecule has 0 radical (unpaired) electrons. The van der Waals surface area contributed by atoms with Crippen LogP contribution in [0.3, 0.4) is 0 Å². The van der Waals surface area contributed by atoms with Gasteiger partial charge < -0.3 is 0 Å². The number of benzene rings is 2. The molecule has 0 spiro atoms. The lowest BCUT2D eigenvalue weighted by atomic mass is 9.90. The molecule has 1 atom stereocenters. The Kier molecular flexibility index (Phi) is 4.34. The highest BCUT2D eigenvalue weighted by molar-refractivity contribution is 7.89. The summed E-state index contributed by atoms with van der Waals surface area (Å²) in [6, 6.07) is 18.7. The monoisotopic (exact) mass is 364 g/mol. The average molecular weight is 364 g/mol. The maximum atomic E-state index is 13.5. The van der Waals surface area contributed by atoms with E-state index in [0.717, 1.165) is 16.7 Å². The molecule has 5 heteroatoms. The zero-order valence-corrected chi connectivity index (χ0v) is 15.4. The predicted octanol–water partition coefficient (Wildman–Crippen LogP) is 3.73. The minimum Gasteiger partial charge on any atom is -0.265 e. The molecule has 4 rings (SSSR count). The van der Waals surface area contributed by atoms with Crippen LogP contribution in [-0.4, -0.2) is 24.3 Å². The molecule has 1 aliphatic heterocycles. The highest BCUT2D eigenvalue weighted by Gasteiger charge is 2.37. The van der Waals surface area contributed by atoms with Crippen LogP contribution < -0.4 is 0 Å². The highest BCUT2D eigenvalue weighted by atomic mass is 32.2. The van der Waals surface area contributed by atoms with Crippen LogP contribution in [-0.2, 0) is 16.4 Å². The van der Waals surface area contributed by atoms with Crippen molar-refractivity contribution >= 4 is 10.0 Å². The first kappa shape index (κ1) is 16.9. The number of hydrogen-bond acceptors (Lipinski definition) is 3. The molecule has 1 aromatic heterocycles. The van der Waals surface area contributed by atoms with Gasteiger partial charge >= 0.3 is 0 Å². The Hall–Kier alpha value is -2.50. The Morgan fingerprint density at radius 3 is 2.42 bits per heavy atom. The number of rotatable bonds is 3. The fourth-order valence-electron chi connectivity index (χ4n) is 3.67. The number of hydrogen-bond donors (Lipinski definition) is 0. The summed E-state index contributed by atoms with van der Waals surface area (Å²) in [4.78, 5) is 4.46. The summed E-state index contributed by atoms with van der Waals surface area (Å²) in [5.41, 5.74) is 3.94. The quantitative estimate of drug-likeness (QED) is 0.712. The Morgan fingerprint density at radius 1 is 0.962 bits per heavy atom. The summed E-state index contributed by atoms with van der Waals surface area (Å²) in [6.45, 7) is 2.30. The Morgan fingerprint density at radius 2 is 1.65 bits per heavy atom. The lowest BCUT2D eigenvalue weighted by Gasteiger charge is -2.37. The van der Waals surface area contributed by atoms with Crippen molar-refractivity contribution < 1.29 is 8.42 Å². The average Bonchev–Trinajstić information content (AvgIpc) is 2.68. The van der Waals surface area contributed by atoms with E-state index in [2.05, 4.69) is 11.1 Å². The summed E-state index contributed by atoms with van der Waals surface area (Å²) < 4.78 is 28.7. The van der Waals surface area contributed by atoms with Crippen LogP contribution in [0.25, 0.3) is 0 Å². The molecule has 0 aliphatic carbocycles. The standard InChI is InChI=1S/C21H20N2O2S/c1-16-6-2-5-9-20(16)26(24,25)23-15-12-17-7-3-4-8-19(17)21(23)18-10-13-22-14-11-18/h2-11,13-14,21H,12,15H2,1H3. The van der Waals surface area contributed by atoms with E-state index in [1.807, 2.05) is 49.4 Å². The number of aromatic nitrogens is 1. The predicted molar refractivity (Wildman–Crippen MR) is 101 cm³/mol. The number of fused-ring (bicyclic) bond motifs is 1. The second-order valence-electron chi connectivity index (χ2n) is 6.51. The molecule has 0 saturated carbocycles. The summed E-state index contributed by atoms with van der Waals surface area (Å²) in [5.74, 6) is 0. The molecule has 26 heavy (non-hydrogen) atoms. The van der Waals surface area contributed by atoms with E-state index in [0.29, 0.717) is 17.9 Å². The summed E-state index contributed by atoms with van der Waals surface area (Å²) >= 11 is 0. The summed E-state index contributed by atoms with van der Waals surface area (Å²) in [5, 5.41) is 0. The number of pyridine rings is 1. The van der Waals surface area contributed by atoms with E-state index < -0.39 is 10.0 Å². The van der Waals surface area contributed by atoms with Crippen LogP contribution in [0.4, 0.5) is 0 Å². The second kappa shape index (κ2) is 6.67. The van der Waals surface area contributed by atoms with Gasteiger partial charge in [-0.15, -0.1) is 0 Å². The van der Waals surface area contributed by atoms with Crippen LogP contribution >= 0.6 is 0 Å². The summed E-state index contributed by atoms with van der Waals surface area (Å²) in [6.07, 6.45) is 4.14. The van der Waals surface area contributed by atoms with E-state index >= 15 is 0 Å². The summed E-state index contributed by atoms with van der Waals surface area (Å²) in [7, 11) is -3.62. The molecule has 2 aromatic carbocycles. The lowest BCUT2D eigenvalue weighted by molar-refractivity contribution is 0.344. The van der Waals surface area contributed by atoms with Crippen LogP contribution in [0.15, 0.2) is 78.0 Å². The molecule has 0 fully saturated rings. The molecule has 0 N–H and O–H groups in total. The van der Waals surface area contributed by atoms with Gasteiger partial charge in [-0.2, -0.15) is 4.31 Å². The van der Waals surface area contributed by atoms with Gasteiger partial charge in [0.1, 0.15) is 0 Å². The van der Waals surface area contributed by atoms with E-state index in [9.17, 15) is 8.42 Å². The minimum atomic E-state index is -3.62. The topological polar surface area (TPSA) is 50.3 Å². The van der Waals surface area contributed by atoms with Crippen molar-refractivity contribution in [2.24, 2.45) is 0 Å². The van der Waals surface area contributed by atoms with Gasteiger partial charge in [0.05, 0.1) is 10.9 Å². The van der Waals surface area contributed by atoms with Crippen LogP contribution in [0.5, 0.6) is 0 Å². The fraction of sp³-hybridized carbons (Fsp3) is 0.190. The van der Waals surface area contributed by atoms with Crippen LogP contribution in [0, 0.1) is 6.92 Å². The van der Waals surface area contributed by atoms with Crippen molar-refractivity contribution in [1.29, 1.82) is 0 Å². The molecule has 1 unspecified atom stereocenters. The van der Waals surface area contributed by atoms with Gasteiger partial charge in [0.2, 0.25) is 10.0 Å². The van der Waals surface area contributed by atoms with E-state index in [1.54, 1.807) is 28.8 Å². The smallest absolute Gasteiger partial charge is 0.244 e. The first-order valence-electron chi connectivity index (χ1n) is 8.64. The van der Waals surface area contributed by atoms with Crippen molar-refractivity contribution in [3.63, 3.8) is 0 Å². The van der Waals surface area contributed by atoms with Gasteiger partial charge in [-0.1, -0.05) is 42.5 Å². The van der Waals surface area contributed by atoms with E-state index in [-0.39, 0.29) is 6.04 Å². The molecule has 0 saturated heterocycles. The molecule has 2 heterocycles. The third-order valence-electron chi connectivity index (χ3n) is 4.94. The molecule has 4 nitrogen and oxygen atoms in total. The number of nitrogens with zero attached hydrogens (tertiary/aromatic N) is 2. The van der Waals surface area contributed by atoms with Gasteiger partial charge in [-0.3, -0.25) is 4.98 Å². The maximum absolute atomic E-state index is 13.5. The third-order valence-corrected chi connectivity index (χ3v) is 6.97. The molecule has 0 amide bonds. The zero-order chi connectivity index (χ0) is 18.1. The van der Waals surface area contributed by atoms with Gasteiger partial charge in [0, 0.05) is 18.9 Å². The number of aryl methyl sites for hydroxylation is 1. The Labute approximate surface area is 154 Å². The van der Waals surface area contributed by atoms with E-state index in [1.165, 1.54) is 5.56 Å². The van der Waals surface area contributed by atoms with Gasteiger partial charge in [-0.25, -0.2) is 8.42 Å². The Balaban J connectivity index is 1.89.